The lowest BCUT2D eigenvalue weighted by Gasteiger charge is -2.27. The normalized spacial score (nSPS) is 27.0. The molecule has 1 aliphatic rings. The Morgan fingerprint density at radius 3 is 2.62 bits per heavy atom. The maximum Gasteiger partial charge on any atom is 0.230 e. The van der Waals surface area contributed by atoms with Gasteiger partial charge in [-0.05, 0) is 33.9 Å². The molecule has 2 atom stereocenters. The van der Waals surface area contributed by atoms with E-state index in [4.69, 9.17) is 5.26 Å². The molecule has 1 heterocycles. The van der Waals surface area contributed by atoms with Gasteiger partial charge in [-0.2, -0.15) is 9.57 Å². The first-order valence-electron chi connectivity index (χ1n) is 5.48. The topological polar surface area (TPSA) is 64.4 Å². The first-order chi connectivity index (χ1) is 7.39. The van der Waals surface area contributed by atoms with Gasteiger partial charge in [0.25, 0.3) is 0 Å². The van der Waals surface area contributed by atoms with E-state index in [1.807, 2.05) is 20.0 Å². The fourth-order valence-corrected chi connectivity index (χ4v) is 3.49. The van der Waals surface area contributed by atoms with Crippen LogP contribution in [0.2, 0.25) is 0 Å². The smallest absolute Gasteiger partial charge is 0.230 e. The second kappa shape index (κ2) is 5.13. The number of rotatable bonds is 2. The summed E-state index contributed by atoms with van der Waals surface area (Å²) in [5, 5.41) is 7.78. The molecule has 0 aromatic rings. The second-order valence-corrected chi connectivity index (χ2v) is 6.60. The van der Waals surface area contributed by atoms with Gasteiger partial charge in [-0.25, -0.2) is 8.42 Å². The van der Waals surface area contributed by atoms with Crippen LogP contribution < -0.4 is 0 Å². The summed E-state index contributed by atoms with van der Waals surface area (Å²) in [6.45, 7) is 5.47. The van der Waals surface area contributed by atoms with E-state index < -0.39 is 15.3 Å². The quantitative estimate of drug-likeness (QED) is 0.700. The summed E-state index contributed by atoms with van der Waals surface area (Å²) >= 11 is 0. The lowest BCUT2D eigenvalue weighted by atomic mass is 10.3. The van der Waals surface area contributed by atoms with Crippen LogP contribution in [0.5, 0.6) is 0 Å². The molecule has 0 aromatic heterocycles. The van der Waals surface area contributed by atoms with Crippen LogP contribution in [0, 0.1) is 11.3 Å². The van der Waals surface area contributed by atoms with Gasteiger partial charge in [0.1, 0.15) is 0 Å². The van der Waals surface area contributed by atoms with Crippen molar-refractivity contribution in [3.63, 3.8) is 0 Å². The fourth-order valence-electron chi connectivity index (χ4n) is 2.00. The minimum Gasteiger partial charge on any atom is -0.305 e. The first kappa shape index (κ1) is 13.4. The number of hydrogen-bond acceptors (Lipinski definition) is 4. The summed E-state index contributed by atoms with van der Waals surface area (Å²) in [7, 11) is -1.48. The van der Waals surface area contributed by atoms with E-state index in [2.05, 4.69) is 4.90 Å². The number of nitrogens with zero attached hydrogens (tertiary/aromatic N) is 3. The molecule has 0 radical (unpaired) electrons. The lowest BCUT2D eigenvalue weighted by Crippen LogP contribution is -2.45. The highest BCUT2D eigenvalue weighted by Crippen LogP contribution is 2.16. The van der Waals surface area contributed by atoms with Gasteiger partial charge >= 0.3 is 0 Å². The number of nitriles is 1. The van der Waals surface area contributed by atoms with E-state index >= 15 is 0 Å². The summed E-state index contributed by atoms with van der Waals surface area (Å²) in [4.78, 5) is 2.12. The molecule has 0 bridgehead atoms. The Morgan fingerprint density at radius 1 is 1.44 bits per heavy atom. The molecule has 5 nitrogen and oxygen atoms in total. The van der Waals surface area contributed by atoms with Crippen LogP contribution in [0.3, 0.4) is 0 Å². The van der Waals surface area contributed by atoms with Gasteiger partial charge in [-0.1, -0.05) is 0 Å². The van der Waals surface area contributed by atoms with E-state index in [9.17, 15) is 8.42 Å². The highest BCUT2D eigenvalue weighted by atomic mass is 32.2. The zero-order chi connectivity index (χ0) is 12.3. The molecule has 92 valence electrons. The molecular weight excluding hydrogens is 226 g/mol. The molecule has 1 rings (SSSR count). The maximum absolute atomic E-state index is 12.1. The van der Waals surface area contributed by atoms with Crippen molar-refractivity contribution in [2.24, 2.45) is 0 Å². The van der Waals surface area contributed by atoms with Crippen molar-refractivity contribution in [2.75, 3.05) is 26.7 Å². The Bertz CT molecular complexity index is 374. The van der Waals surface area contributed by atoms with Gasteiger partial charge in [-0.3, -0.25) is 0 Å². The van der Waals surface area contributed by atoms with Crippen molar-refractivity contribution >= 4 is 10.0 Å². The van der Waals surface area contributed by atoms with Crippen molar-refractivity contribution in [3.05, 3.63) is 0 Å². The van der Waals surface area contributed by atoms with Gasteiger partial charge in [0.05, 0.1) is 6.07 Å². The number of sulfonamides is 1. The molecule has 0 amide bonds. The van der Waals surface area contributed by atoms with E-state index in [-0.39, 0.29) is 6.04 Å². The van der Waals surface area contributed by atoms with Crippen molar-refractivity contribution in [1.29, 1.82) is 5.26 Å². The predicted molar refractivity (Wildman–Crippen MR) is 62.3 cm³/mol. The summed E-state index contributed by atoms with van der Waals surface area (Å²) in [6.07, 6.45) is 0.818. The summed E-state index contributed by atoms with van der Waals surface area (Å²) in [6, 6.07) is 1.75. The van der Waals surface area contributed by atoms with Crippen LogP contribution in [0.15, 0.2) is 0 Å². The number of likely N-dealkylation sites (N-methyl/N-ethyl adjacent to an activating group) is 1. The van der Waals surface area contributed by atoms with Gasteiger partial charge in [0.2, 0.25) is 10.0 Å². The Kier molecular flexibility index (Phi) is 4.30. The first-order valence-corrected chi connectivity index (χ1v) is 6.98. The molecule has 0 spiro atoms. The van der Waals surface area contributed by atoms with Crippen LogP contribution in [-0.4, -0.2) is 55.6 Å². The van der Waals surface area contributed by atoms with Crippen LogP contribution in [0.4, 0.5) is 0 Å². The fraction of sp³-hybridized carbons (Fsp3) is 0.900. The maximum atomic E-state index is 12.1. The third-order valence-corrected chi connectivity index (χ3v) is 5.14. The monoisotopic (exact) mass is 245 g/mol. The van der Waals surface area contributed by atoms with E-state index in [0.29, 0.717) is 6.54 Å². The molecule has 16 heavy (non-hydrogen) atoms. The van der Waals surface area contributed by atoms with Gasteiger partial charge in [-0.15, -0.1) is 0 Å². The molecule has 1 saturated heterocycles. The van der Waals surface area contributed by atoms with Crippen LogP contribution >= 0.6 is 0 Å². The van der Waals surface area contributed by atoms with Crippen LogP contribution in [0.25, 0.3) is 0 Å². The lowest BCUT2D eigenvalue weighted by molar-refractivity contribution is 0.290. The Labute approximate surface area is 97.7 Å². The minimum absolute atomic E-state index is 0.0618. The molecule has 0 aromatic carbocycles. The van der Waals surface area contributed by atoms with Crippen molar-refractivity contribution in [3.8, 4) is 6.07 Å². The average Bonchev–Trinajstić information content (AvgIpc) is 2.38. The summed E-state index contributed by atoms with van der Waals surface area (Å²) in [5.74, 6) is 0. The van der Waals surface area contributed by atoms with Crippen molar-refractivity contribution < 1.29 is 8.42 Å². The molecule has 0 saturated carbocycles. The van der Waals surface area contributed by atoms with Gasteiger partial charge in [0.15, 0.2) is 5.25 Å². The van der Waals surface area contributed by atoms with Gasteiger partial charge < -0.3 is 4.90 Å². The summed E-state index contributed by atoms with van der Waals surface area (Å²) < 4.78 is 25.6. The average molecular weight is 245 g/mol. The van der Waals surface area contributed by atoms with Crippen LogP contribution in [0.1, 0.15) is 20.3 Å². The SMILES string of the molecule is CC1CN(C)CCCN1S(=O)(=O)C(C)C#N. The van der Waals surface area contributed by atoms with Gasteiger partial charge in [0, 0.05) is 19.1 Å². The largest absolute Gasteiger partial charge is 0.305 e. The molecule has 6 heteroatoms. The molecule has 1 aliphatic heterocycles. The third kappa shape index (κ3) is 2.73. The highest BCUT2D eigenvalue weighted by molar-refractivity contribution is 7.90. The molecule has 2 unspecified atom stereocenters. The Morgan fingerprint density at radius 2 is 2.06 bits per heavy atom. The third-order valence-electron chi connectivity index (χ3n) is 2.94. The second-order valence-electron chi connectivity index (χ2n) is 4.39. The van der Waals surface area contributed by atoms with E-state index in [1.165, 1.54) is 11.2 Å². The van der Waals surface area contributed by atoms with E-state index in [1.54, 1.807) is 0 Å². The molecule has 0 aliphatic carbocycles. The van der Waals surface area contributed by atoms with Crippen LogP contribution in [-0.2, 0) is 10.0 Å². The Hall–Kier alpha value is -0.640. The standard InChI is InChI=1S/C10H19N3O2S/c1-9-8-12(3)5-4-6-13(9)16(14,15)10(2)7-11/h9-10H,4-6,8H2,1-3H3. The Balaban J connectivity index is 2.91. The summed E-state index contributed by atoms with van der Waals surface area (Å²) in [5.41, 5.74) is 0. The zero-order valence-corrected chi connectivity index (χ0v) is 10.9. The van der Waals surface area contributed by atoms with Crippen molar-refractivity contribution in [1.82, 2.24) is 9.21 Å². The molecule has 0 N–H and O–H groups in total. The minimum atomic E-state index is -3.46. The molecule has 1 fully saturated rings. The highest BCUT2D eigenvalue weighted by Gasteiger charge is 2.33. The zero-order valence-electron chi connectivity index (χ0n) is 10.0. The van der Waals surface area contributed by atoms with Crippen molar-refractivity contribution in [2.45, 2.75) is 31.6 Å². The molecular formula is C10H19N3O2S. The number of hydrogen-bond donors (Lipinski definition) is 0. The predicted octanol–water partition coefficient (Wildman–Crippen LogP) is 0.254. The van der Waals surface area contributed by atoms with E-state index in [0.717, 1.165) is 19.5 Å².